The Kier molecular flexibility index (Phi) is 3.82. The molecule has 21 heavy (non-hydrogen) atoms. The number of benzene rings is 1. The number of aryl methyl sites for hydroxylation is 1. The van der Waals surface area contributed by atoms with E-state index < -0.39 is 9.84 Å². The molecule has 2 aromatic rings. The number of quaternary nitrogens is 1. The van der Waals surface area contributed by atoms with Gasteiger partial charge >= 0.3 is 0 Å². The van der Waals surface area contributed by atoms with Crippen LogP contribution in [-0.2, 0) is 16.4 Å². The molecular weight excluding hydrogens is 288 g/mol. The second kappa shape index (κ2) is 5.61. The molecule has 1 aromatic heterocycles. The van der Waals surface area contributed by atoms with Crippen molar-refractivity contribution in [2.45, 2.75) is 13.5 Å². The number of sulfone groups is 1. The Balaban J connectivity index is 1.82. The van der Waals surface area contributed by atoms with Crippen LogP contribution < -0.4 is 4.90 Å². The molecule has 1 N–H and O–H groups in total. The number of nitrogens with one attached hydrogen (secondary N) is 1. The molecule has 0 atom stereocenters. The van der Waals surface area contributed by atoms with Gasteiger partial charge in [0, 0.05) is 5.56 Å². The Bertz CT molecular complexity index is 709. The van der Waals surface area contributed by atoms with E-state index in [2.05, 4.69) is 5.16 Å². The molecule has 1 saturated heterocycles. The first-order valence-electron chi connectivity index (χ1n) is 7.10. The fourth-order valence-electron chi connectivity index (χ4n) is 2.68. The molecule has 0 saturated carbocycles. The second-order valence-electron chi connectivity index (χ2n) is 5.51. The third kappa shape index (κ3) is 3.16. The topological polar surface area (TPSA) is 64.6 Å². The third-order valence-electron chi connectivity index (χ3n) is 3.99. The minimum atomic E-state index is -2.83. The highest BCUT2D eigenvalue weighted by molar-refractivity contribution is 7.91. The molecule has 0 unspecified atom stereocenters. The van der Waals surface area contributed by atoms with Gasteiger partial charge in [-0.25, -0.2) is 8.42 Å². The maximum absolute atomic E-state index is 11.5. The van der Waals surface area contributed by atoms with Gasteiger partial charge in [-0.15, -0.1) is 0 Å². The molecule has 2 heterocycles. The van der Waals surface area contributed by atoms with Crippen LogP contribution in [0.4, 0.5) is 0 Å². The zero-order chi connectivity index (χ0) is 14.9. The average molecular weight is 307 g/mol. The summed E-state index contributed by atoms with van der Waals surface area (Å²) in [6.45, 7) is 3.98. The first-order chi connectivity index (χ1) is 10.1. The summed E-state index contributed by atoms with van der Waals surface area (Å²) < 4.78 is 28.4. The highest BCUT2D eigenvalue weighted by Gasteiger charge is 2.27. The molecule has 0 aliphatic carbocycles. The van der Waals surface area contributed by atoms with Gasteiger partial charge < -0.3 is 9.42 Å². The van der Waals surface area contributed by atoms with Gasteiger partial charge in [0.1, 0.15) is 18.0 Å². The van der Waals surface area contributed by atoms with Gasteiger partial charge in [0.15, 0.2) is 9.84 Å². The van der Waals surface area contributed by atoms with E-state index in [9.17, 15) is 8.42 Å². The van der Waals surface area contributed by atoms with Crippen LogP contribution in [0.1, 0.15) is 11.3 Å². The fraction of sp³-hybridized carbons (Fsp3) is 0.400. The summed E-state index contributed by atoms with van der Waals surface area (Å²) in [6, 6.07) is 9.94. The Labute approximate surface area is 124 Å². The van der Waals surface area contributed by atoms with Crippen molar-refractivity contribution in [1.82, 2.24) is 5.16 Å². The predicted octanol–water partition coefficient (Wildman–Crippen LogP) is 0.463. The van der Waals surface area contributed by atoms with E-state index in [1.165, 1.54) is 4.90 Å². The monoisotopic (exact) mass is 307 g/mol. The highest BCUT2D eigenvalue weighted by atomic mass is 32.2. The van der Waals surface area contributed by atoms with Gasteiger partial charge in [0.05, 0.1) is 30.2 Å². The van der Waals surface area contributed by atoms with Crippen LogP contribution in [0.5, 0.6) is 0 Å². The summed E-state index contributed by atoms with van der Waals surface area (Å²) in [6.07, 6.45) is 0. The summed E-state index contributed by atoms with van der Waals surface area (Å²) in [5.74, 6) is 1.36. The van der Waals surface area contributed by atoms with E-state index in [4.69, 9.17) is 4.52 Å². The third-order valence-corrected chi connectivity index (χ3v) is 5.64. The standard InChI is InChI=1S/C15H18N2O3S/c1-12-14(11-17-7-9-21(18,19)10-8-17)15(16-20-12)13-5-3-2-4-6-13/h2-6H,7-11H2,1H3/p+1. The molecule has 0 radical (unpaired) electrons. The van der Waals surface area contributed by atoms with E-state index in [1.54, 1.807) is 0 Å². The van der Waals surface area contributed by atoms with Crippen molar-refractivity contribution in [2.75, 3.05) is 24.6 Å². The molecule has 0 amide bonds. The van der Waals surface area contributed by atoms with Gasteiger partial charge in [0.25, 0.3) is 0 Å². The highest BCUT2D eigenvalue weighted by Crippen LogP contribution is 2.24. The predicted molar refractivity (Wildman–Crippen MR) is 79.7 cm³/mol. The molecule has 1 fully saturated rings. The van der Waals surface area contributed by atoms with Gasteiger partial charge in [-0.2, -0.15) is 0 Å². The molecule has 6 heteroatoms. The second-order valence-corrected chi connectivity index (χ2v) is 7.81. The van der Waals surface area contributed by atoms with Gasteiger partial charge in [0.2, 0.25) is 0 Å². The van der Waals surface area contributed by atoms with Crippen molar-refractivity contribution in [3.63, 3.8) is 0 Å². The summed E-state index contributed by atoms with van der Waals surface area (Å²) in [5, 5.41) is 4.17. The number of hydrogen-bond donors (Lipinski definition) is 1. The molecule has 3 rings (SSSR count). The lowest BCUT2D eigenvalue weighted by Gasteiger charge is -2.23. The van der Waals surface area contributed by atoms with Gasteiger partial charge in [-0.3, -0.25) is 0 Å². The van der Waals surface area contributed by atoms with Crippen molar-refractivity contribution < 1.29 is 17.8 Å². The van der Waals surface area contributed by atoms with E-state index in [0.29, 0.717) is 13.1 Å². The SMILES string of the molecule is Cc1onc(-c2ccccc2)c1C[NH+]1CCS(=O)(=O)CC1. The van der Waals surface area contributed by atoms with Crippen molar-refractivity contribution in [3.05, 3.63) is 41.7 Å². The lowest BCUT2D eigenvalue weighted by Crippen LogP contribution is -3.13. The van der Waals surface area contributed by atoms with Crippen LogP contribution in [0.15, 0.2) is 34.9 Å². The Morgan fingerprint density at radius 3 is 2.52 bits per heavy atom. The molecule has 1 aliphatic rings. The number of rotatable bonds is 3. The van der Waals surface area contributed by atoms with Crippen LogP contribution in [-0.4, -0.2) is 38.2 Å². The largest absolute Gasteiger partial charge is 0.361 e. The molecule has 0 bridgehead atoms. The number of aromatic nitrogens is 1. The average Bonchev–Trinajstić information content (AvgIpc) is 2.83. The summed E-state index contributed by atoms with van der Waals surface area (Å²) in [4.78, 5) is 1.27. The molecule has 112 valence electrons. The first kappa shape index (κ1) is 14.3. The minimum Gasteiger partial charge on any atom is -0.361 e. The zero-order valence-corrected chi connectivity index (χ0v) is 12.8. The molecular formula is C15H19N2O3S+. The number of hydrogen-bond acceptors (Lipinski definition) is 4. The lowest BCUT2D eigenvalue weighted by molar-refractivity contribution is -0.910. The first-order valence-corrected chi connectivity index (χ1v) is 8.92. The molecule has 1 aliphatic heterocycles. The van der Waals surface area contributed by atoms with Crippen LogP contribution in [0.2, 0.25) is 0 Å². The zero-order valence-electron chi connectivity index (χ0n) is 12.0. The summed E-state index contributed by atoms with van der Waals surface area (Å²) in [7, 11) is -2.83. The summed E-state index contributed by atoms with van der Waals surface area (Å²) in [5.41, 5.74) is 2.98. The Morgan fingerprint density at radius 2 is 1.86 bits per heavy atom. The van der Waals surface area contributed by atoms with Crippen molar-refractivity contribution in [1.29, 1.82) is 0 Å². The van der Waals surface area contributed by atoms with Crippen LogP contribution in [0.25, 0.3) is 11.3 Å². The maximum atomic E-state index is 11.5. The van der Waals surface area contributed by atoms with Crippen molar-refractivity contribution in [3.8, 4) is 11.3 Å². The molecule has 0 spiro atoms. The quantitative estimate of drug-likeness (QED) is 0.895. The maximum Gasteiger partial charge on any atom is 0.161 e. The summed E-state index contributed by atoms with van der Waals surface area (Å²) >= 11 is 0. The van der Waals surface area contributed by atoms with E-state index >= 15 is 0 Å². The molecule has 5 nitrogen and oxygen atoms in total. The van der Waals surface area contributed by atoms with E-state index in [1.807, 2.05) is 37.3 Å². The normalized spacial score (nSPS) is 18.7. The van der Waals surface area contributed by atoms with E-state index in [0.717, 1.165) is 29.1 Å². The van der Waals surface area contributed by atoms with Gasteiger partial charge in [-0.1, -0.05) is 35.5 Å². The van der Waals surface area contributed by atoms with Gasteiger partial charge in [-0.05, 0) is 6.92 Å². The van der Waals surface area contributed by atoms with Crippen LogP contribution >= 0.6 is 0 Å². The Morgan fingerprint density at radius 1 is 1.19 bits per heavy atom. The van der Waals surface area contributed by atoms with Crippen LogP contribution in [0, 0.1) is 6.92 Å². The van der Waals surface area contributed by atoms with Crippen molar-refractivity contribution in [2.24, 2.45) is 0 Å². The van der Waals surface area contributed by atoms with Crippen molar-refractivity contribution >= 4 is 9.84 Å². The van der Waals surface area contributed by atoms with E-state index in [-0.39, 0.29) is 11.5 Å². The minimum absolute atomic E-state index is 0.271. The fourth-order valence-corrected chi connectivity index (χ4v) is 4.08. The Hall–Kier alpha value is -1.66. The lowest BCUT2D eigenvalue weighted by atomic mass is 10.1. The molecule has 1 aromatic carbocycles. The number of nitrogens with zero attached hydrogens (tertiary/aromatic N) is 1. The van der Waals surface area contributed by atoms with Crippen LogP contribution in [0.3, 0.4) is 0 Å². The smallest absolute Gasteiger partial charge is 0.161 e.